The number of aryl methyl sites for hydroxylation is 2. The van der Waals surface area contributed by atoms with E-state index in [4.69, 9.17) is 4.74 Å². The third-order valence-corrected chi connectivity index (χ3v) is 5.67. The molecule has 0 saturated carbocycles. The van der Waals surface area contributed by atoms with Gasteiger partial charge in [-0.3, -0.25) is 0 Å². The Labute approximate surface area is 170 Å². The molecular weight excluding hydrogens is 366 g/mol. The minimum absolute atomic E-state index is 0.0440. The summed E-state index contributed by atoms with van der Waals surface area (Å²) in [6.07, 6.45) is 3.52. The van der Waals surface area contributed by atoms with E-state index in [0.29, 0.717) is 19.7 Å². The lowest BCUT2D eigenvalue weighted by atomic mass is 10.0. The Morgan fingerprint density at radius 1 is 1.21 bits per heavy atom. The molecule has 1 aliphatic heterocycles. The maximum absolute atomic E-state index is 12.7. The second-order valence-electron chi connectivity index (χ2n) is 7.62. The predicted molar refractivity (Wildman–Crippen MR) is 113 cm³/mol. The van der Waals surface area contributed by atoms with Gasteiger partial charge in [-0.25, -0.2) is 14.8 Å². The molecule has 3 aromatic rings. The molecule has 0 radical (unpaired) electrons. The lowest BCUT2D eigenvalue weighted by molar-refractivity contribution is 0.162. The van der Waals surface area contributed by atoms with Crippen LogP contribution in [-0.4, -0.2) is 45.7 Å². The second kappa shape index (κ2) is 8.21. The Hall–Kier alpha value is -2.93. The molecule has 1 saturated heterocycles. The lowest BCUT2D eigenvalue weighted by Crippen LogP contribution is -2.41. The number of benzene rings is 1. The highest BCUT2D eigenvalue weighted by Crippen LogP contribution is 2.28. The predicted octanol–water partition coefficient (Wildman–Crippen LogP) is 4.06. The molecule has 0 bridgehead atoms. The summed E-state index contributed by atoms with van der Waals surface area (Å²) >= 11 is 0. The van der Waals surface area contributed by atoms with Crippen molar-refractivity contribution in [1.82, 2.24) is 19.4 Å². The number of urea groups is 1. The van der Waals surface area contributed by atoms with Crippen LogP contribution in [0, 0.1) is 13.8 Å². The van der Waals surface area contributed by atoms with Gasteiger partial charge >= 0.3 is 6.03 Å². The average molecular weight is 393 g/mol. The molecule has 1 aromatic carbocycles. The summed E-state index contributed by atoms with van der Waals surface area (Å²) in [4.78, 5) is 23.8. The smallest absolute Gasteiger partial charge is 0.321 e. The molecule has 4 rings (SSSR count). The Bertz CT molecular complexity index is 1020. The molecule has 0 aliphatic carbocycles. The fourth-order valence-corrected chi connectivity index (χ4v) is 3.94. The number of carbonyl (C=O) groups excluding carboxylic acids is 1. The number of piperidine rings is 1. The van der Waals surface area contributed by atoms with Crippen molar-refractivity contribution in [2.45, 2.75) is 39.3 Å². The van der Waals surface area contributed by atoms with E-state index in [1.165, 1.54) is 11.1 Å². The summed E-state index contributed by atoms with van der Waals surface area (Å²) in [5.41, 5.74) is 5.00. The third-order valence-electron chi connectivity index (χ3n) is 5.67. The molecule has 29 heavy (non-hydrogen) atoms. The van der Waals surface area contributed by atoms with E-state index >= 15 is 0 Å². The third kappa shape index (κ3) is 3.96. The van der Waals surface area contributed by atoms with Gasteiger partial charge in [-0.05, 0) is 62.1 Å². The molecule has 2 amide bonds. The van der Waals surface area contributed by atoms with Gasteiger partial charge in [0.15, 0.2) is 5.65 Å². The summed E-state index contributed by atoms with van der Waals surface area (Å²) in [7, 11) is 1.68. The van der Waals surface area contributed by atoms with Gasteiger partial charge in [-0.15, -0.1) is 0 Å². The molecule has 0 atom stereocenters. The van der Waals surface area contributed by atoms with E-state index in [1.807, 2.05) is 35.2 Å². The zero-order valence-corrected chi connectivity index (χ0v) is 17.2. The first-order chi connectivity index (χ1) is 14.1. The molecule has 0 spiro atoms. The van der Waals surface area contributed by atoms with Gasteiger partial charge in [0.1, 0.15) is 17.9 Å². The summed E-state index contributed by atoms with van der Waals surface area (Å²) in [6, 6.07) is 10.1. The van der Waals surface area contributed by atoms with Crippen molar-refractivity contribution in [2.24, 2.45) is 0 Å². The quantitative estimate of drug-likeness (QED) is 0.725. The van der Waals surface area contributed by atoms with Crippen molar-refractivity contribution in [3.05, 3.63) is 53.5 Å². The van der Waals surface area contributed by atoms with Gasteiger partial charge in [-0.1, -0.05) is 6.07 Å². The van der Waals surface area contributed by atoms with Gasteiger partial charge in [0.05, 0.1) is 0 Å². The highest BCUT2D eigenvalue weighted by molar-refractivity contribution is 5.89. The average Bonchev–Trinajstić information content (AvgIpc) is 3.09. The number of anilines is 1. The molecule has 1 aliphatic rings. The number of rotatable bonds is 4. The van der Waals surface area contributed by atoms with E-state index < -0.39 is 0 Å². The summed E-state index contributed by atoms with van der Waals surface area (Å²) in [6.45, 7) is 5.96. The molecule has 3 heterocycles. The van der Waals surface area contributed by atoms with Crippen LogP contribution in [-0.2, 0) is 11.3 Å². The van der Waals surface area contributed by atoms with Gasteiger partial charge in [0.2, 0.25) is 0 Å². The summed E-state index contributed by atoms with van der Waals surface area (Å²) in [5.74, 6) is 0.888. The minimum atomic E-state index is -0.0440. The van der Waals surface area contributed by atoms with Crippen LogP contribution >= 0.6 is 0 Å². The first-order valence-electron chi connectivity index (χ1n) is 10.0. The van der Waals surface area contributed by atoms with E-state index in [-0.39, 0.29) is 12.1 Å². The van der Waals surface area contributed by atoms with Crippen molar-refractivity contribution in [2.75, 3.05) is 25.5 Å². The van der Waals surface area contributed by atoms with Crippen LogP contribution in [0.25, 0.3) is 11.2 Å². The number of imidazole rings is 1. The second-order valence-corrected chi connectivity index (χ2v) is 7.62. The molecule has 1 N–H and O–H groups in total. The molecule has 2 aromatic heterocycles. The maximum Gasteiger partial charge on any atom is 0.321 e. The largest absolute Gasteiger partial charge is 0.377 e. The molecule has 7 heteroatoms. The van der Waals surface area contributed by atoms with Crippen LogP contribution in [0.1, 0.15) is 35.8 Å². The first kappa shape index (κ1) is 19.4. The molecular formula is C22H27N5O2. The van der Waals surface area contributed by atoms with Crippen molar-refractivity contribution in [1.29, 1.82) is 0 Å². The normalized spacial score (nSPS) is 15.1. The number of hydrogen-bond acceptors (Lipinski definition) is 4. The van der Waals surface area contributed by atoms with Gasteiger partial charge < -0.3 is 19.5 Å². The number of methoxy groups -OCH3 is 1. The van der Waals surface area contributed by atoms with Gasteiger partial charge in [0.25, 0.3) is 0 Å². The van der Waals surface area contributed by atoms with Crippen molar-refractivity contribution in [3.63, 3.8) is 0 Å². The standard InChI is InChI=1S/C22H27N5O2/c1-15-6-7-17(13-16(15)2)24-22(28)26-11-8-18(9-12-26)27-20(14-29-3)25-19-5-4-10-23-21(19)27/h4-7,10,13,18H,8-9,11-12,14H2,1-3H3,(H,24,28). The fourth-order valence-electron chi connectivity index (χ4n) is 3.94. The van der Waals surface area contributed by atoms with E-state index in [0.717, 1.165) is 35.5 Å². The Balaban J connectivity index is 1.45. The highest BCUT2D eigenvalue weighted by atomic mass is 16.5. The van der Waals surface area contributed by atoms with Crippen LogP contribution in [0.5, 0.6) is 0 Å². The van der Waals surface area contributed by atoms with E-state index in [1.54, 1.807) is 13.3 Å². The fraction of sp³-hybridized carbons (Fsp3) is 0.409. The topological polar surface area (TPSA) is 72.3 Å². The van der Waals surface area contributed by atoms with Crippen molar-refractivity contribution in [3.8, 4) is 0 Å². The van der Waals surface area contributed by atoms with Crippen LogP contribution in [0.15, 0.2) is 36.5 Å². The van der Waals surface area contributed by atoms with Crippen molar-refractivity contribution < 1.29 is 9.53 Å². The molecule has 7 nitrogen and oxygen atoms in total. The SMILES string of the molecule is COCc1nc2cccnc2n1C1CCN(C(=O)Nc2ccc(C)c(C)c2)CC1. The number of likely N-dealkylation sites (tertiary alicyclic amines) is 1. The number of nitrogens with zero attached hydrogens (tertiary/aromatic N) is 4. The minimum Gasteiger partial charge on any atom is -0.377 e. The van der Waals surface area contributed by atoms with Crippen LogP contribution in [0.4, 0.5) is 10.5 Å². The zero-order valence-electron chi connectivity index (χ0n) is 17.2. The van der Waals surface area contributed by atoms with Crippen molar-refractivity contribution >= 4 is 22.9 Å². The number of carbonyl (C=O) groups is 1. The monoisotopic (exact) mass is 393 g/mol. The van der Waals surface area contributed by atoms with Crippen LogP contribution < -0.4 is 5.32 Å². The van der Waals surface area contributed by atoms with E-state index in [9.17, 15) is 4.79 Å². The molecule has 1 fully saturated rings. The van der Waals surface area contributed by atoms with Gasteiger partial charge in [0, 0.05) is 38.1 Å². The first-order valence-corrected chi connectivity index (χ1v) is 10.0. The Morgan fingerprint density at radius 2 is 2.00 bits per heavy atom. The van der Waals surface area contributed by atoms with E-state index in [2.05, 4.69) is 33.7 Å². The number of fused-ring (bicyclic) bond motifs is 1. The number of amides is 2. The number of aromatic nitrogens is 3. The molecule has 0 unspecified atom stereocenters. The lowest BCUT2D eigenvalue weighted by Gasteiger charge is -2.33. The van der Waals surface area contributed by atoms with Crippen LogP contribution in [0.3, 0.4) is 0 Å². The summed E-state index contributed by atoms with van der Waals surface area (Å²) in [5, 5.41) is 3.03. The van der Waals surface area contributed by atoms with Crippen LogP contribution in [0.2, 0.25) is 0 Å². The zero-order chi connectivity index (χ0) is 20.4. The number of hydrogen-bond donors (Lipinski definition) is 1. The van der Waals surface area contributed by atoms with Gasteiger partial charge in [-0.2, -0.15) is 0 Å². The number of nitrogens with one attached hydrogen (secondary N) is 1. The molecule has 152 valence electrons. The highest BCUT2D eigenvalue weighted by Gasteiger charge is 2.27. The maximum atomic E-state index is 12.7. The summed E-state index contributed by atoms with van der Waals surface area (Å²) < 4.78 is 7.54. The number of ether oxygens (including phenoxy) is 1. The Kier molecular flexibility index (Phi) is 5.49. The number of pyridine rings is 1. The Morgan fingerprint density at radius 3 is 2.72 bits per heavy atom.